The lowest BCUT2D eigenvalue weighted by molar-refractivity contribution is 0.422. The van der Waals surface area contributed by atoms with Crippen LogP contribution in [0.1, 0.15) is 155 Å². The molecule has 0 amide bonds. The van der Waals surface area contributed by atoms with Crippen LogP contribution in [0.5, 0.6) is 5.75 Å². The third-order valence-corrected chi connectivity index (χ3v) is 16.5. The minimum absolute atomic E-state index is 0.0400. The first-order chi connectivity index (χ1) is 16.5. The van der Waals surface area contributed by atoms with Crippen LogP contribution in [-0.2, 0) is 17.0 Å². The molecule has 3 saturated carbocycles. The molecule has 1 nitrogen and oxygen atoms in total. The van der Waals surface area contributed by atoms with Crippen molar-refractivity contribution in [1.82, 2.24) is 0 Å². The molecule has 0 spiro atoms. The zero-order chi connectivity index (χ0) is 25.3. The number of phenols is 1. The first kappa shape index (κ1) is 27.5. The summed E-state index contributed by atoms with van der Waals surface area (Å²) in [6.45, 7) is 13.7. The van der Waals surface area contributed by atoms with Crippen LogP contribution in [0.2, 0.25) is 0 Å². The van der Waals surface area contributed by atoms with Gasteiger partial charge in [-0.2, -0.15) is 0 Å². The fourth-order valence-corrected chi connectivity index (χ4v) is 15.6. The standard InChI is InChI=1S/C33H55OP/c1-32(2,3)29-22-25(23-30(31(29)34)33(4,5)6)24-35(26-16-10-7-11-17-26,27-18-12-8-13-19-27)28-20-14-9-15-21-28/h22-23,26-28H,7-21,24H2,1-6H3/p+1. The van der Waals surface area contributed by atoms with Gasteiger partial charge in [0.25, 0.3) is 0 Å². The maximum atomic E-state index is 11.4. The Morgan fingerprint density at radius 1 is 0.600 bits per heavy atom. The SMILES string of the molecule is CC(C)(C)c1cc(C[P+](C2CCCCC2)(C2CCCCC2)C2CCCCC2)cc(C(C)(C)C)c1O. The predicted molar refractivity (Wildman–Crippen MR) is 157 cm³/mol. The van der Waals surface area contributed by atoms with E-state index in [2.05, 4.69) is 53.7 Å². The fourth-order valence-electron chi connectivity index (χ4n) is 8.21. The molecule has 0 bridgehead atoms. The zero-order valence-corrected chi connectivity index (χ0v) is 25.0. The highest BCUT2D eigenvalue weighted by molar-refractivity contribution is 7.77. The molecule has 1 aromatic rings. The lowest BCUT2D eigenvalue weighted by Crippen LogP contribution is -2.37. The summed E-state index contributed by atoms with van der Waals surface area (Å²) >= 11 is 0. The molecule has 0 aromatic heterocycles. The Morgan fingerprint density at radius 2 is 0.914 bits per heavy atom. The van der Waals surface area contributed by atoms with Crippen molar-refractivity contribution in [2.75, 3.05) is 0 Å². The highest BCUT2D eigenvalue weighted by Crippen LogP contribution is 2.79. The summed E-state index contributed by atoms with van der Waals surface area (Å²) in [6, 6.07) is 4.93. The summed E-state index contributed by atoms with van der Waals surface area (Å²) in [5, 5.41) is 11.4. The summed E-state index contributed by atoms with van der Waals surface area (Å²) in [6.07, 6.45) is 23.7. The molecule has 1 N–H and O–H groups in total. The van der Waals surface area contributed by atoms with E-state index in [1.54, 1.807) is 5.56 Å². The summed E-state index contributed by atoms with van der Waals surface area (Å²) in [5.74, 6) is 0.561. The van der Waals surface area contributed by atoms with E-state index in [0.717, 1.165) is 17.0 Å². The molecule has 0 radical (unpaired) electrons. The maximum Gasteiger partial charge on any atom is 0.123 e. The Balaban J connectivity index is 1.86. The van der Waals surface area contributed by atoms with Gasteiger partial charge in [0.1, 0.15) is 5.75 Å². The van der Waals surface area contributed by atoms with E-state index in [9.17, 15) is 5.11 Å². The third kappa shape index (κ3) is 5.97. The van der Waals surface area contributed by atoms with Crippen LogP contribution in [0, 0.1) is 0 Å². The molecule has 0 atom stereocenters. The van der Waals surface area contributed by atoms with Gasteiger partial charge in [-0.1, -0.05) is 60.8 Å². The van der Waals surface area contributed by atoms with Crippen LogP contribution in [0.25, 0.3) is 0 Å². The lowest BCUT2D eigenvalue weighted by atomic mass is 9.78. The Morgan fingerprint density at radius 3 is 1.20 bits per heavy atom. The minimum atomic E-state index is -1.19. The summed E-state index contributed by atoms with van der Waals surface area (Å²) in [7, 11) is -1.19. The molecule has 0 aliphatic heterocycles. The van der Waals surface area contributed by atoms with Crippen molar-refractivity contribution >= 4 is 7.26 Å². The third-order valence-electron chi connectivity index (χ3n) is 10.0. The number of hydrogen-bond acceptors (Lipinski definition) is 1. The van der Waals surface area contributed by atoms with Crippen molar-refractivity contribution < 1.29 is 5.11 Å². The summed E-state index contributed by atoms with van der Waals surface area (Å²) in [5.41, 5.74) is 6.87. The molecule has 3 aliphatic carbocycles. The van der Waals surface area contributed by atoms with Gasteiger partial charge in [0.2, 0.25) is 0 Å². The Bertz CT molecular complexity index is 743. The van der Waals surface area contributed by atoms with Crippen LogP contribution >= 0.6 is 7.26 Å². The number of aromatic hydroxyl groups is 1. The molecule has 3 aliphatic rings. The molecule has 4 rings (SSSR count). The Kier molecular flexibility index (Phi) is 8.68. The van der Waals surface area contributed by atoms with Crippen LogP contribution in [0.4, 0.5) is 0 Å². The van der Waals surface area contributed by atoms with Crippen LogP contribution in [0.15, 0.2) is 12.1 Å². The van der Waals surface area contributed by atoms with Gasteiger partial charge in [0.15, 0.2) is 0 Å². The fraction of sp³-hybridized carbons (Fsp3) is 0.818. The molecular formula is C33H56OP+. The van der Waals surface area contributed by atoms with Crippen LogP contribution in [-0.4, -0.2) is 22.1 Å². The average Bonchev–Trinajstić information content (AvgIpc) is 2.83. The van der Waals surface area contributed by atoms with Gasteiger partial charge in [-0.15, -0.1) is 0 Å². The van der Waals surface area contributed by atoms with E-state index < -0.39 is 7.26 Å². The Hall–Kier alpha value is -0.550. The molecule has 3 fully saturated rings. The number of benzene rings is 1. The second-order valence-electron chi connectivity index (χ2n) is 14.6. The van der Waals surface area contributed by atoms with Crippen molar-refractivity contribution in [2.45, 2.75) is 172 Å². The van der Waals surface area contributed by atoms with Crippen molar-refractivity contribution in [3.63, 3.8) is 0 Å². The highest BCUT2D eigenvalue weighted by Gasteiger charge is 2.57. The number of hydrogen-bond donors (Lipinski definition) is 1. The van der Waals surface area contributed by atoms with E-state index in [-0.39, 0.29) is 10.8 Å². The van der Waals surface area contributed by atoms with Crippen molar-refractivity contribution in [1.29, 1.82) is 0 Å². The normalized spacial score (nSPS) is 22.5. The van der Waals surface area contributed by atoms with Gasteiger partial charge in [0, 0.05) is 7.26 Å². The van der Waals surface area contributed by atoms with E-state index in [1.165, 1.54) is 114 Å². The average molecular weight is 500 g/mol. The molecule has 1 aromatic carbocycles. The van der Waals surface area contributed by atoms with Gasteiger partial charge in [0.05, 0.1) is 23.1 Å². The second kappa shape index (κ2) is 11.1. The van der Waals surface area contributed by atoms with E-state index in [0.29, 0.717) is 5.75 Å². The predicted octanol–water partition coefficient (Wildman–Crippen LogP) is 10.5. The van der Waals surface area contributed by atoms with Gasteiger partial charge >= 0.3 is 0 Å². The summed E-state index contributed by atoms with van der Waals surface area (Å²) < 4.78 is 0. The molecular weight excluding hydrogens is 443 g/mol. The topological polar surface area (TPSA) is 20.2 Å². The van der Waals surface area contributed by atoms with Crippen molar-refractivity contribution in [3.05, 3.63) is 28.8 Å². The van der Waals surface area contributed by atoms with Crippen LogP contribution in [0.3, 0.4) is 0 Å². The molecule has 2 heteroatoms. The monoisotopic (exact) mass is 499 g/mol. The number of rotatable bonds is 5. The quantitative estimate of drug-likeness (QED) is 0.399. The van der Waals surface area contributed by atoms with Gasteiger partial charge < -0.3 is 5.11 Å². The van der Waals surface area contributed by atoms with Crippen molar-refractivity contribution in [2.24, 2.45) is 0 Å². The van der Waals surface area contributed by atoms with Crippen molar-refractivity contribution in [3.8, 4) is 5.75 Å². The Labute approximate surface area is 218 Å². The highest BCUT2D eigenvalue weighted by atomic mass is 31.2. The largest absolute Gasteiger partial charge is 0.507 e. The first-order valence-corrected chi connectivity index (χ1v) is 17.5. The first-order valence-electron chi connectivity index (χ1n) is 15.3. The van der Waals surface area contributed by atoms with Gasteiger partial charge in [-0.25, -0.2) is 0 Å². The lowest BCUT2D eigenvalue weighted by Gasteiger charge is -2.49. The molecule has 35 heavy (non-hydrogen) atoms. The van der Waals surface area contributed by atoms with Gasteiger partial charge in [-0.05, 0) is 117 Å². The number of phenolic OH excluding ortho intramolecular Hbond substituents is 1. The molecule has 0 saturated heterocycles. The molecule has 0 heterocycles. The smallest absolute Gasteiger partial charge is 0.123 e. The molecule has 0 unspecified atom stereocenters. The van der Waals surface area contributed by atoms with E-state index in [1.807, 2.05) is 0 Å². The van der Waals surface area contributed by atoms with Gasteiger partial charge in [-0.3, -0.25) is 0 Å². The van der Waals surface area contributed by atoms with Crippen LogP contribution < -0.4 is 0 Å². The molecule has 198 valence electrons. The van der Waals surface area contributed by atoms with E-state index in [4.69, 9.17) is 0 Å². The van der Waals surface area contributed by atoms with E-state index >= 15 is 0 Å². The zero-order valence-electron chi connectivity index (χ0n) is 24.1. The second-order valence-corrected chi connectivity index (χ2v) is 19.1. The maximum absolute atomic E-state index is 11.4. The summed E-state index contributed by atoms with van der Waals surface area (Å²) in [4.78, 5) is 0. The minimum Gasteiger partial charge on any atom is -0.507 e.